The standard InChI is InChI=1S/C24H24ClFN6O3/c1-14-9-27-10-17(35-14)8-18-19(6-16(25)7-20(18)26)23-21-5-15(12-32(21)29-13-28-23)11-31-22(33)3-4-30(2)24(31)34/h3-7,12-14,17,27H,8-11H2,1-2H3/t14-,17?/m0/s1. The molecule has 1 fully saturated rings. The summed E-state index contributed by atoms with van der Waals surface area (Å²) >= 11 is 6.24. The van der Waals surface area contributed by atoms with E-state index >= 15 is 4.39 Å². The lowest BCUT2D eigenvalue weighted by molar-refractivity contribution is -0.0265. The van der Waals surface area contributed by atoms with Crippen LogP contribution in [0.3, 0.4) is 0 Å². The molecule has 0 spiro atoms. The van der Waals surface area contributed by atoms with E-state index in [0.29, 0.717) is 40.9 Å². The van der Waals surface area contributed by atoms with Crippen LogP contribution in [0.5, 0.6) is 0 Å². The van der Waals surface area contributed by atoms with Crippen LogP contribution in [0.4, 0.5) is 4.39 Å². The van der Waals surface area contributed by atoms with Gasteiger partial charge in [-0.3, -0.25) is 9.36 Å². The number of halogens is 2. The number of hydrogen-bond acceptors (Lipinski definition) is 6. The molecular weight excluding hydrogens is 475 g/mol. The Morgan fingerprint density at radius 1 is 1.26 bits per heavy atom. The van der Waals surface area contributed by atoms with Crippen LogP contribution in [0, 0.1) is 5.82 Å². The highest BCUT2D eigenvalue weighted by Gasteiger charge is 2.24. The molecule has 0 saturated carbocycles. The molecule has 5 rings (SSSR count). The molecule has 0 amide bonds. The van der Waals surface area contributed by atoms with Crippen molar-refractivity contribution in [1.82, 2.24) is 29.0 Å². The highest BCUT2D eigenvalue weighted by Crippen LogP contribution is 2.32. The monoisotopic (exact) mass is 498 g/mol. The van der Waals surface area contributed by atoms with E-state index in [2.05, 4.69) is 15.4 Å². The van der Waals surface area contributed by atoms with Crippen LogP contribution in [-0.4, -0.2) is 49.0 Å². The van der Waals surface area contributed by atoms with Crippen LogP contribution >= 0.6 is 11.6 Å². The maximum absolute atomic E-state index is 15.2. The minimum absolute atomic E-state index is 0.0283. The summed E-state index contributed by atoms with van der Waals surface area (Å²) in [5, 5.41) is 7.82. The molecule has 0 bridgehead atoms. The number of nitrogens with one attached hydrogen (secondary N) is 1. The molecule has 2 atom stereocenters. The molecule has 4 heterocycles. The van der Waals surface area contributed by atoms with E-state index in [1.54, 1.807) is 29.9 Å². The summed E-state index contributed by atoms with van der Waals surface area (Å²) in [5.74, 6) is -0.433. The van der Waals surface area contributed by atoms with Gasteiger partial charge in [0.15, 0.2) is 0 Å². The van der Waals surface area contributed by atoms with Gasteiger partial charge in [0.05, 0.1) is 30.0 Å². The summed E-state index contributed by atoms with van der Waals surface area (Å²) in [6, 6.07) is 6.11. The van der Waals surface area contributed by atoms with Crippen LogP contribution in [0.15, 0.2) is 52.6 Å². The normalized spacial score (nSPS) is 18.3. The molecule has 182 valence electrons. The second kappa shape index (κ2) is 9.37. The fourth-order valence-corrected chi connectivity index (χ4v) is 4.67. The number of nitrogens with zero attached hydrogens (tertiary/aromatic N) is 5. The average molecular weight is 499 g/mol. The van der Waals surface area contributed by atoms with Gasteiger partial charge in [-0.1, -0.05) is 11.6 Å². The van der Waals surface area contributed by atoms with Crippen LogP contribution in [-0.2, 0) is 24.8 Å². The molecule has 0 radical (unpaired) electrons. The Balaban J connectivity index is 1.58. The molecule has 1 aliphatic rings. The number of ether oxygens (including phenoxy) is 1. The maximum atomic E-state index is 15.2. The molecule has 1 aromatic carbocycles. The van der Waals surface area contributed by atoms with Gasteiger partial charge in [0.25, 0.3) is 5.56 Å². The summed E-state index contributed by atoms with van der Waals surface area (Å²) in [6.07, 6.45) is 4.70. The van der Waals surface area contributed by atoms with Crippen molar-refractivity contribution in [1.29, 1.82) is 0 Å². The van der Waals surface area contributed by atoms with Crippen molar-refractivity contribution in [3.63, 3.8) is 0 Å². The summed E-state index contributed by atoms with van der Waals surface area (Å²) in [5.41, 5.74) is 1.94. The lowest BCUT2D eigenvalue weighted by Gasteiger charge is -2.29. The zero-order valence-electron chi connectivity index (χ0n) is 19.2. The number of rotatable bonds is 5. The molecule has 1 aliphatic heterocycles. The number of aryl methyl sites for hydroxylation is 1. The van der Waals surface area contributed by atoms with Gasteiger partial charge >= 0.3 is 5.69 Å². The van der Waals surface area contributed by atoms with Gasteiger partial charge in [-0.05, 0) is 30.7 Å². The lowest BCUT2D eigenvalue weighted by Crippen LogP contribution is -2.44. The Morgan fingerprint density at radius 3 is 2.89 bits per heavy atom. The smallest absolute Gasteiger partial charge is 0.331 e. The van der Waals surface area contributed by atoms with Crippen molar-refractivity contribution >= 4 is 17.1 Å². The maximum Gasteiger partial charge on any atom is 0.331 e. The van der Waals surface area contributed by atoms with Crippen molar-refractivity contribution in [2.45, 2.75) is 32.1 Å². The Kier molecular flexibility index (Phi) is 6.26. The fraction of sp³-hybridized carbons (Fsp3) is 0.333. The minimum atomic E-state index is -0.433. The van der Waals surface area contributed by atoms with Crippen LogP contribution in [0.25, 0.3) is 16.8 Å². The van der Waals surface area contributed by atoms with Crippen molar-refractivity contribution < 1.29 is 9.13 Å². The third-order valence-corrected chi connectivity index (χ3v) is 6.34. The predicted molar refractivity (Wildman–Crippen MR) is 129 cm³/mol. The topological polar surface area (TPSA) is 95.5 Å². The largest absolute Gasteiger partial charge is 0.372 e. The molecule has 1 unspecified atom stereocenters. The number of fused-ring (bicyclic) bond motifs is 1. The van der Waals surface area contributed by atoms with E-state index in [1.165, 1.54) is 29.2 Å². The van der Waals surface area contributed by atoms with Gasteiger partial charge in [-0.2, -0.15) is 5.10 Å². The SMILES string of the molecule is C[C@H]1CNCC(Cc2c(F)cc(Cl)cc2-c2ncnn3cc(Cn4c(=O)ccn(C)c4=O)cc23)O1. The molecule has 3 aromatic heterocycles. The predicted octanol–water partition coefficient (Wildman–Crippen LogP) is 2.02. The zero-order chi connectivity index (χ0) is 24.7. The third kappa shape index (κ3) is 4.64. The molecule has 9 nitrogen and oxygen atoms in total. The Hall–Kier alpha value is -3.34. The second-order valence-corrected chi connectivity index (χ2v) is 9.20. The summed E-state index contributed by atoms with van der Waals surface area (Å²) in [7, 11) is 1.58. The van der Waals surface area contributed by atoms with Crippen molar-refractivity contribution in [3.8, 4) is 11.3 Å². The molecule has 35 heavy (non-hydrogen) atoms. The van der Waals surface area contributed by atoms with Crippen LogP contribution < -0.4 is 16.6 Å². The Morgan fingerprint density at radius 2 is 2.09 bits per heavy atom. The van der Waals surface area contributed by atoms with Gasteiger partial charge in [0, 0.05) is 61.2 Å². The van der Waals surface area contributed by atoms with E-state index in [0.717, 1.165) is 11.1 Å². The number of hydrogen-bond donors (Lipinski definition) is 1. The van der Waals surface area contributed by atoms with E-state index < -0.39 is 17.1 Å². The van der Waals surface area contributed by atoms with Crippen LogP contribution in [0.1, 0.15) is 18.1 Å². The highest BCUT2D eigenvalue weighted by molar-refractivity contribution is 6.31. The third-order valence-electron chi connectivity index (χ3n) is 6.12. The van der Waals surface area contributed by atoms with Gasteiger partial charge < -0.3 is 14.6 Å². The summed E-state index contributed by atoms with van der Waals surface area (Å²) in [4.78, 5) is 29.2. The molecule has 11 heteroatoms. The minimum Gasteiger partial charge on any atom is -0.372 e. The van der Waals surface area contributed by atoms with E-state index in [4.69, 9.17) is 16.3 Å². The molecular formula is C24H24ClFN6O3. The first-order chi connectivity index (χ1) is 16.8. The lowest BCUT2D eigenvalue weighted by atomic mass is 9.97. The highest BCUT2D eigenvalue weighted by atomic mass is 35.5. The first kappa shape index (κ1) is 23.4. The van der Waals surface area contributed by atoms with E-state index in [-0.39, 0.29) is 23.8 Å². The Labute approximate surface area is 204 Å². The van der Waals surface area contributed by atoms with Crippen molar-refractivity contribution in [2.75, 3.05) is 13.1 Å². The number of morpholine rings is 1. The van der Waals surface area contributed by atoms with Gasteiger partial charge in [-0.15, -0.1) is 0 Å². The summed E-state index contributed by atoms with van der Waals surface area (Å²) < 4.78 is 25.3. The average Bonchev–Trinajstić information content (AvgIpc) is 3.24. The van der Waals surface area contributed by atoms with Crippen LogP contribution in [0.2, 0.25) is 5.02 Å². The van der Waals surface area contributed by atoms with Gasteiger partial charge in [0.2, 0.25) is 0 Å². The number of aromatic nitrogens is 5. The van der Waals surface area contributed by atoms with Crippen molar-refractivity contribution in [3.05, 3.63) is 85.8 Å². The summed E-state index contributed by atoms with van der Waals surface area (Å²) in [6.45, 7) is 3.39. The zero-order valence-corrected chi connectivity index (χ0v) is 20.0. The molecule has 1 saturated heterocycles. The quantitative estimate of drug-likeness (QED) is 0.452. The van der Waals surface area contributed by atoms with Crippen molar-refractivity contribution in [2.24, 2.45) is 7.05 Å². The first-order valence-corrected chi connectivity index (χ1v) is 11.6. The van der Waals surface area contributed by atoms with Gasteiger partial charge in [0.1, 0.15) is 12.1 Å². The fourth-order valence-electron chi connectivity index (χ4n) is 4.46. The van der Waals surface area contributed by atoms with Gasteiger partial charge in [-0.25, -0.2) is 18.7 Å². The molecule has 0 aliphatic carbocycles. The van der Waals surface area contributed by atoms with E-state index in [1.807, 2.05) is 6.92 Å². The van der Waals surface area contributed by atoms with E-state index in [9.17, 15) is 9.59 Å². The Bertz CT molecular complexity index is 1530. The molecule has 4 aromatic rings. The second-order valence-electron chi connectivity index (χ2n) is 8.77. The number of benzene rings is 1. The molecule has 1 N–H and O–H groups in total. The first-order valence-electron chi connectivity index (χ1n) is 11.2.